The molecule has 0 spiro atoms. The summed E-state index contributed by atoms with van der Waals surface area (Å²) in [5.41, 5.74) is 2.95. The maximum Gasteiger partial charge on any atom is 0.193 e. The summed E-state index contributed by atoms with van der Waals surface area (Å²) in [6.07, 6.45) is 0. The molecule has 0 aliphatic rings. The van der Waals surface area contributed by atoms with E-state index in [-0.39, 0.29) is 11.6 Å². The van der Waals surface area contributed by atoms with Gasteiger partial charge in [0.1, 0.15) is 11.6 Å². The monoisotopic (exact) mass is 422 g/mol. The summed E-state index contributed by atoms with van der Waals surface area (Å²) in [6, 6.07) is 24.5. The molecule has 0 atom stereocenters. The van der Waals surface area contributed by atoms with Crippen LogP contribution in [0.3, 0.4) is 0 Å². The molecule has 4 rings (SSSR count). The minimum atomic E-state index is -0.402. The van der Waals surface area contributed by atoms with Gasteiger partial charge in [-0.3, -0.25) is 9.59 Å². The number of halogens is 2. The predicted octanol–water partition coefficient (Wildman–Crippen LogP) is 5.83. The smallest absolute Gasteiger partial charge is 0.193 e. The van der Waals surface area contributed by atoms with Crippen LogP contribution in [0.1, 0.15) is 43.0 Å². The molecule has 0 bridgehead atoms. The van der Waals surface area contributed by atoms with Crippen molar-refractivity contribution in [3.05, 3.63) is 142 Å². The average Bonchev–Trinajstić information content (AvgIpc) is 2.83. The Balaban J connectivity index is 1.56. The van der Waals surface area contributed by atoms with E-state index in [1.165, 1.54) is 48.5 Å². The molecule has 0 aliphatic carbocycles. The third-order valence-corrected chi connectivity index (χ3v) is 4.81. The van der Waals surface area contributed by atoms with Crippen molar-refractivity contribution in [2.75, 3.05) is 0 Å². The van der Waals surface area contributed by atoms with Crippen LogP contribution in [0.25, 0.3) is 0 Å². The summed E-state index contributed by atoms with van der Waals surface area (Å²) in [5, 5.41) is 0. The van der Waals surface area contributed by atoms with Crippen LogP contribution in [0.4, 0.5) is 8.78 Å². The highest BCUT2D eigenvalue weighted by Gasteiger charge is 2.10. The third-order valence-electron chi connectivity index (χ3n) is 4.81. The Kier molecular flexibility index (Phi) is 6.00. The molecule has 4 aromatic rings. The fraction of sp³-hybridized carbons (Fsp3) is 0. The minimum Gasteiger partial charge on any atom is -0.289 e. The van der Waals surface area contributed by atoms with Crippen molar-refractivity contribution in [1.82, 2.24) is 0 Å². The van der Waals surface area contributed by atoms with E-state index in [2.05, 4.69) is 11.8 Å². The van der Waals surface area contributed by atoms with Crippen molar-refractivity contribution < 1.29 is 18.4 Å². The van der Waals surface area contributed by atoms with Crippen LogP contribution >= 0.6 is 0 Å². The molecule has 0 saturated carbocycles. The van der Waals surface area contributed by atoms with Crippen molar-refractivity contribution in [3.8, 4) is 11.8 Å². The van der Waals surface area contributed by atoms with E-state index in [1.807, 2.05) is 0 Å². The molecule has 2 nitrogen and oxygen atoms in total. The SMILES string of the molecule is O=C(c1ccc(F)cc1)c1cccc(C#Cc2cccc(C(=O)c3ccc(F)cc3)c2)c1. The summed E-state index contributed by atoms with van der Waals surface area (Å²) >= 11 is 0. The first-order chi connectivity index (χ1) is 15.5. The summed E-state index contributed by atoms with van der Waals surface area (Å²) < 4.78 is 26.2. The summed E-state index contributed by atoms with van der Waals surface area (Å²) in [5.74, 6) is 4.77. The van der Waals surface area contributed by atoms with Crippen molar-refractivity contribution >= 4 is 11.6 Å². The predicted molar refractivity (Wildman–Crippen MR) is 119 cm³/mol. The minimum absolute atomic E-state index is 0.222. The first kappa shape index (κ1) is 20.9. The van der Waals surface area contributed by atoms with E-state index >= 15 is 0 Å². The van der Waals surface area contributed by atoms with E-state index < -0.39 is 11.6 Å². The van der Waals surface area contributed by atoms with Gasteiger partial charge in [0.05, 0.1) is 0 Å². The summed E-state index contributed by atoms with van der Waals surface area (Å²) in [4.78, 5) is 25.3. The largest absolute Gasteiger partial charge is 0.289 e. The zero-order valence-electron chi connectivity index (χ0n) is 16.8. The van der Waals surface area contributed by atoms with Crippen molar-refractivity contribution in [1.29, 1.82) is 0 Å². The van der Waals surface area contributed by atoms with E-state index in [1.54, 1.807) is 48.5 Å². The van der Waals surface area contributed by atoms with Crippen LogP contribution in [-0.4, -0.2) is 11.6 Å². The summed E-state index contributed by atoms with van der Waals surface area (Å²) in [6.45, 7) is 0. The van der Waals surface area contributed by atoms with Crippen molar-refractivity contribution in [2.24, 2.45) is 0 Å². The van der Waals surface area contributed by atoms with Gasteiger partial charge in [-0.15, -0.1) is 0 Å². The van der Waals surface area contributed by atoms with Crippen molar-refractivity contribution in [2.45, 2.75) is 0 Å². The first-order valence-corrected chi connectivity index (χ1v) is 9.82. The van der Waals surface area contributed by atoms with Crippen LogP contribution < -0.4 is 0 Å². The first-order valence-electron chi connectivity index (χ1n) is 9.82. The highest BCUT2D eigenvalue weighted by atomic mass is 19.1. The molecule has 0 unspecified atom stereocenters. The van der Waals surface area contributed by atoms with Gasteiger partial charge in [0.15, 0.2) is 11.6 Å². The number of carbonyl (C=O) groups is 2. The molecule has 4 aromatic carbocycles. The van der Waals surface area contributed by atoms with Crippen molar-refractivity contribution in [3.63, 3.8) is 0 Å². The van der Waals surface area contributed by atoms with Gasteiger partial charge in [-0.1, -0.05) is 36.1 Å². The maximum absolute atomic E-state index is 13.1. The van der Waals surface area contributed by atoms with E-state index in [0.29, 0.717) is 33.4 Å². The Morgan fingerprint density at radius 1 is 0.500 bits per heavy atom. The molecule has 0 amide bonds. The number of hydrogen-bond donors (Lipinski definition) is 0. The van der Waals surface area contributed by atoms with Gasteiger partial charge in [-0.2, -0.15) is 0 Å². The molecule has 32 heavy (non-hydrogen) atoms. The van der Waals surface area contributed by atoms with Gasteiger partial charge < -0.3 is 0 Å². The molecule has 0 heterocycles. The lowest BCUT2D eigenvalue weighted by Crippen LogP contribution is -2.01. The third kappa shape index (κ3) is 4.85. The van der Waals surface area contributed by atoms with Crippen LogP contribution in [0.2, 0.25) is 0 Å². The Morgan fingerprint density at radius 2 is 0.875 bits per heavy atom. The zero-order chi connectivity index (χ0) is 22.5. The van der Waals surface area contributed by atoms with Crippen LogP contribution in [0, 0.1) is 23.5 Å². The molecule has 0 aliphatic heterocycles. The Labute approximate surface area is 184 Å². The second-order valence-electron chi connectivity index (χ2n) is 7.08. The fourth-order valence-electron chi connectivity index (χ4n) is 3.16. The van der Waals surface area contributed by atoms with Gasteiger partial charge >= 0.3 is 0 Å². The van der Waals surface area contributed by atoms with Crippen LogP contribution in [0.15, 0.2) is 97.1 Å². The highest BCUT2D eigenvalue weighted by molar-refractivity contribution is 6.09. The molecule has 0 radical (unpaired) electrons. The Morgan fingerprint density at radius 3 is 1.25 bits per heavy atom. The normalized spacial score (nSPS) is 10.2. The van der Waals surface area contributed by atoms with Crippen LogP contribution in [-0.2, 0) is 0 Å². The molecule has 0 fully saturated rings. The molecule has 4 heteroatoms. The Hall–Kier alpha value is -4.36. The number of carbonyl (C=O) groups excluding carboxylic acids is 2. The highest BCUT2D eigenvalue weighted by Crippen LogP contribution is 2.14. The van der Waals surface area contributed by atoms with Gasteiger partial charge in [-0.05, 0) is 72.8 Å². The number of ketones is 2. The van der Waals surface area contributed by atoms with E-state index in [0.717, 1.165) is 0 Å². The van der Waals surface area contributed by atoms with Gasteiger partial charge in [0.2, 0.25) is 0 Å². The van der Waals surface area contributed by atoms with Crippen LogP contribution in [0.5, 0.6) is 0 Å². The molecule has 154 valence electrons. The zero-order valence-corrected chi connectivity index (χ0v) is 16.8. The second kappa shape index (κ2) is 9.20. The molecular weight excluding hydrogens is 406 g/mol. The van der Waals surface area contributed by atoms with E-state index in [9.17, 15) is 18.4 Å². The lowest BCUT2D eigenvalue weighted by Gasteiger charge is -2.03. The number of rotatable bonds is 4. The number of hydrogen-bond acceptors (Lipinski definition) is 2. The van der Waals surface area contributed by atoms with Gasteiger partial charge in [0.25, 0.3) is 0 Å². The molecule has 0 aromatic heterocycles. The maximum atomic E-state index is 13.1. The van der Waals surface area contributed by atoms with Gasteiger partial charge in [0, 0.05) is 33.4 Å². The number of benzene rings is 4. The second-order valence-corrected chi connectivity index (χ2v) is 7.08. The standard InChI is InChI=1S/C28H16F2O2/c29-25-13-9-21(10-14-25)27(31)23-5-1-3-19(17-23)7-8-20-4-2-6-24(18-20)28(32)22-11-15-26(30)16-12-22/h1-6,9-18H. The molecule has 0 saturated heterocycles. The molecular formula is C28H16F2O2. The summed E-state index contributed by atoms with van der Waals surface area (Å²) in [7, 11) is 0. The average molecular weight is 422 g/mol. The topological polar surface area (TPSA) is 34.1 Å². The quantitative estimate of drug-likeness (QED) is 0.306. The lowest BCUT2D eigenvalue weighted by atomic mass is 10.0. The Bertz CT molecular complexity index is 1250. The molecule has 0 N–H and O–H groups in total. The lowest BCUT2D eigenvalue weighted by molar-refractivity contribution is 0.103. The fourth-order valence-corrected chi connectivity index (χ4v) is 3.16. The van der Waals surface area contributed by atoms with Gasteiger partial charge in [-0.25, -0.2) is 8.78 Å². The van der Waals surface area contributed by atoms with E-state index in [4.69, 9.17) is 0 Å².